The van der Waals surface area contributed by atoms with Crippen LogP contribution in [0.5, 0.6) is 5.75 Å². The number of ether oxygens (including phenoxy) is 1. The van der Waals surface area contributed by atoms with Crippen LogP contribution in [0.4, 0.5) is 0 Å². The highest BCUT2D eigenvalue weighted by atomic mass is 79.9. The third-order valence-electron chi connectivity index (χ3n) is 4.06. The summed E-state index contributed by atoms with van der Waals surface area (Å²) in [5.74, 6) is 1.34. The lowest BCUT2D eigenvalue weighted by molar-refractivity contribution is -0.116. The Hall–Kier alpha value is -2.58. The Morgan fingerprint density at radius 2 is 1.89 bits per heavy atom. The van der Waals surface area contributed by atoms with E-state index in [9.17, 15) is 9.90 Å². The minimum atomic E-state index is -0.774. The van der Waals surface area contributed by atoms with Crippen LogP contribution in [0, 0.1) is 0 Å². The Morgan fingerprint density at radius 1 is 1.18 bits per heavy atom. The summed E-state index contributed by atoms with van der Waals surface area (Å²) in [6, 6.07) is 15.1. The van der Waals surface area contributed by atoms with Crippen molar-refractivity contribution >= 4 is 21.7 Å². The van der Waals surface area contributed by atoms with E-state index in [0.29, 0.717) is 18.0 Å². The number of hydrogen-bond acceptors (Lipinski definition) is 6. The Labute approximate surface area is 171 Å². The average molecular weight is 445 g/mol. The molecule has 0 fully saturated rings. The van der Waals surface area contributed by atoms with Crippen molar-refractivity contribution in [2.24, 2.45) is 0 Å². The fourth-order valence-corrected chi connectivity index (χ4v) is 2.81. The van der Waals surface area contributed by atoms with Crippen LogP contribution in [0.15, 0.2) is 53.0 Å². The maximum atomic E-state index is 11.0. The van der Waals surface area contributed by atoms with Crippen molar-refractivity contribution in [3.8, 4) is 17.1 Å². The Morgan fingerprint density at radius 3 is 2.57 bits per heavy atom. The number of aliphatic hydroxyl groups excluding tert-OH is 1. The third kappa shape index (κ3) is 5.97. The number of Topliss-reactive ketones (excluding diaryl/α,β-unsaturated/α-hetero) is 1. The van der Waals surface area contributed by atoms with E-state index in [1.54, 1.807) is 6.92 Å². The number of carbonyl (C=O) groups excluding carboxylic acids is 1. The van der Waals surface area contributed by atoms with Gasteiger partial charge in [-0.15, -0.1) is 10.2 Å². The highest BCUT2D eigenvalue weighted by Crippen LogP contribution is 2.17. The van der Waals surface area contributed by atoms with Gasteiger partial charge in [0.05, 0.1) is 6.54 Å². The van der Waals surface area contributed by atoms with Crippen molar-refractivity contribution in [1.82, 2.24) is 20.2 Å². The Kier molecular flexibility index (Phi) is 6.89. The van der Waals surface area contributed by atoms with Gasteiger partial charge in [-0.05, 0) is 60.5 Å². The van der Waals surface area contributed by atoms with Gasteiger partial charge in [0.2, 0.25) is 5.82 Å². The molecule has 0 bridgehead atoms. The molecule has 0 radical (unpaired) electrons. The molecule has 2 aromatic carbocycles. The van der Waals surface area contributed by atoms with Gasteiger partial charge < -0.3 is 14.6 Å². The summed E-state index contributed by atoms with van der Waals surface area (Å²) in [6.07, 6.45) is 0.479. The van der Waals surface area contributed by atoms with Crippen molar-refractivity contribution in [2.45, 2.75) is 32.4 Å². The number of benzene rings is 2. The molecule has 1 heterocycles. The van der Waals surface area contributed by atoms with Gasteiger partial charge >= 0.3 is 0 Å². The molecule has 0 spiro atoms. The van der Waals surface area contributed by atoms with Gasteiger partial charge in [-0.25, -0.2) is 0 Å². The zero-order valence-corrected chi connectivity index (χ0v) is 17.0. The quantitative estimate of drug-likeness (QED) is 0.545. The molecular formula is C20H21BrN4O3. The fraction of sp³-hybridized carbons (Fsp3) is 0.300. The van der Waals surface area contributed by atoms with Gasteiger partial charge in [0, 0.05) is 16.5 Å². The van der Waals surface area contributed by atoms with Crippen molar-refractivity contribution in [3.05, 3.63) is 58.6 Å². The largest absolute Gasteiger partial charge is 0.491 e. The number of rotatable bonds is 9. The SMILES string of the molecule is CC(=O)CCc1ccc(OC[C@@H](O)Cn2nnc(-c3ccc(Br)cc3)n2)cc1. The first kappa shape index (κ1) is 20.2. The van der Waals surface area contributed by atoms with E-state index >= 15 is 0 Å². The van der Waals surface area contributed by atoms with Gasteiger partial charge in [0.15, 0.2) is 0 Å². The van der Waals surface area contributed by atoms with Crippen molar-refractivity contribution in [3.63, 3.8) is 0 Å². The van der Waals surface area contributed by atoms with Crippen LogP contribution in [0.1, 0.15) is 18.9 Å². The molecule has 7 nitrogen and oxygen atoms in total. The lowest BCUT2D eigenvalue weighted by Gasteiger charge is -2.11. The number of halogens is 1. The van der Waals surface area contributed by atoms with Crippen LogP contribution < -0.4 is 4.74 Å². The van der Waals surface area contributed by atoms with Gasteiger partial charge in [0.1, 0.15) is 24.2 Å². The molecule has 0 saturated heterocycles. The average Bonchev–Trinajstić information content (AvgIpc) is 3.14. The number of aliphatic hydroxyl groups is 1. The lowest BCUT2D eigenvalue weighted by Crippen LogP contribution is -2.25. The summed E-state index contributed by atoms with van der Waals surface area (Å²) in [6.45, 7) is 1.88. The predicted molar refractivity (Wildman–Crippen MR) is 108 cm³/mol. The Balaban J connectivity index is 1.48. The monoisotopic (exact) mass is 444 g/mol. The van der Waals surface area contributed by atoms with Crippen LogP contribution in [0.3, 0.4) is 0 Å². The van der Waals surface area contributed by atoms with Crippen LogP contribution in [-0.4, -0.2) is 43.8 Å². The van der Waals surface area contributed by atoms with Crippen LogP contribution in [-0.2, 0) is 17.8 Å². The molecule has 1 atom stereocenters. The maximum absolute atomic E-state index is 11.0. The number of ketones is 1. The van der Waals surface area contributed by atoms with Crippen LogP contribution in [0.2, 0.25) is 0 Å². The van der Waals surface area contributed by atoms with E-state index < -0.39 is 6.10 Å². The molecule has 0 aliphatic rings. The number of nitrogens with zero attached hydrogens (tertiary/aromatic N) is 4. The van der Waals surface area contributed by atoms with E-state index in [0.717, 1.165) is 22.0 Å². The molecule has 0 unspecified atom stereocenters. The molecule has 1 aromatic heterocycles. The first-order valence-corrected chi connectivity index (χ1v) is 9.72. The molecule has 3 rings (SSSR count). The van der Waals surface area contributed by atoms with E-state index in [1.165, 1.54) is 4.80 Å². The van der Waals surface area contributed by atoms with Gasteiger partial charge in [-0.2, -0.15) is 4.80 Å². The minimum absolute atomic E-state index is 0.113. The number of hydrogen-bond donors (Lipinski definition) is 1. The number of carbonyl (C=O) groups is 1. The Bertz CT molecular complexity index is 910. The first-order valence-electron chi connectivity index (χ1n) is 8.92. The predicted octanol–water partition coefficient (Wildman–Crippen LogP) is 3.06. The zero-order valence-electron chi connectivity index (χ0n) is 15.5. The zero-order chi connectivity index (χ0) is 19.9. The second-order valence-corrected chi connectivity index (χ2v) is 7.40. The molecule has 8 heteroatoms. The third-order valence-corrected chi connectivity index (χ3v) is 4.59. The highest BCUT2D eigenvalue weighted by molar-refractivity contribution is 9.10. The summed E-state index contributed by atoms with van der Waals surface area (Å²) in [4.78, 5) is 12.4. The van der Waals surface area contributed by atoms with Crippen molar-refractivity contribution in [2.75, 3.05) is 6.61 Å². The van der Waals surface area contributed by atoms with E-state index in [-0.39, 0.29) is 18.9 Å². The smallest absolute Gasteiger partial charge is 0.204 e. The number of aromatic nitrogens is 4. The summed E-state index contributed by atoms with van der Waals surface area (Å²) < 4.78 is 6.59. The second-order valence-electron chi connectivity index (χ2n) is 6.49. The molecule has 3 aromatic rings. The summed E-state index contributed by atoms with van der Waals surface area (Å²) in [7, 11) is 0. The summed E-state index contributed by atoms with van der Waals surface area (Å²) in [5.41, 5.74) is 1.93. The molecule has 0 saturated carbocycles. The molecular weight excluding hydrogens is 424 g/mol. The molecule has 0 aliphatic carbocycles. The van der Waals surface area contributed by atoms with Crippen molar-refractivity contribution in [1.29, 1.82) is 0 Å². The van der Waals surface area contributed by atoms with E-state index in [1.807, 2.05) is 48.5 Å². The van der Waals surface area contributed by atoms with Gasteiger partial charge in [-0.3, -0.25) is 0 Å². The van der Waals surface area contributed by atoms with E-state index in [4.69, 9.17) is 4.74 Å². The van der Waals surface area contributed by atoms with Gasteiger partial charge in [-0.1, -0.05) is 28.1 Å². The highest BCUT2D eigenvalue weighted by Gasteiger charge is 2.11. The molecule has 1 N–H and O–H groups in total. The molecule has 28 heavy (non-hydrogen) atoms. The summed E-state index contributed by atoms with van der Waals surface area (Å²) in [5, 5.41) is 22.5. The van der Waals surface area contributed by atoms with E-state index in [2.05, 4.69) is 31.3 Å². The number of aryl methyl sites for hydroxylation is 1. The minimum Gasteiger partial charge on any atom is -0.491 e. The maximum Gasteiger partial charge on any atom is 0.204 e. The standard InChI is InChI=1S/C20H21BrN4O3/c1-14(26)2-3-15-4-10-19(11-5-15)28-13-18(27)12-25-23-20(22-24-25)16-6-8-17(21)9-7-16/h4-11,18,27H,2-3,12-13H2,1H3/t18-/m0/s1. The second kappa shape index (κ2) is 9.57. The lowest BCUT2D eigenvalue weighted by atomic mass is 10.1. The normalized spacial score (nSPS) is 12.0. The first-order chi connectivity index (χ1) is 13.5. The molecule has 0 amide bonds. The molecule has 0 aliphatic heterocycles. The number of tetrazole rings is 1. The summed E-state index contributed by atoms with van der Waals surface area (Å²) >= 11 is 3.39. The topological polar surface area (TPSA) is 90.1 Å². The van der Waals surface area contributed by atoms with Gasteiger partial charge in [0.25, 0.3) is 0 Å². The fourth-order valence-electron chi connectivity index (χ4n) is 2.54. The van der Waals surface area contributed by atoms with Crippen LogP contribution in [0.25, 0.3) is 11.4 Å². The molecule has 146 valence electrons. The van der Waals surface area contributed by atoms with Crippen LogP contribution >= 0.6 is 15.9 Å². The van der Waals surface area contributed by atoms with Crippen molar-refractivity contribution < 1.29 is 14.6 Å².